The first kappa shape index (κ1) is 16.0. The van der Waals surface area contributed by atoms with E-state index in [9.17, 15) is 10.1 Å². The predicted octanol–water partition coefficient (Wildman–Crippen LogP) is 2.95. The van der Waals surface area contributed by atoms with Gasteiger partial charge >= 0.3 is 5.69 Å². The van der Waals surface area contributed by atoms with Crippen molar-refractivity contribution in [1.29, 1.82) is 0 Å². The molecule has 2 N–H and O–H groups in total. The first-order valence-corrected chi connectivity index (χ1v) is 8.29. The number of hydrogen-bond acceptors (Lipinski definition) is 7. The number of nitro groups is 1. The van der Waals surface area contributed by atoms with Crippen molar-refractivity contribution in [1.82, 2.24) is 19.7 Å². The maximum Gasteiger partial charge on any atom is 0.329 e. The molecule has 3 aromatic rings. The average Bonchev–Trinajstić information content (AvgIpc) is 3.34. The lowest BCUT2D eigenvalue weighted by Gasteiger charge is -2.07. The predicted molar refractivity (Wildman–Crippen MR) is 96.4 cm³/mol. The molecular weight excluding hydrogens is 334 g/mol. The standard InChI is InChI=1S/C17H17N7O2/c25-24(26)15-9-18-17(22-16(15)20-13-6-7-13)21-14-8-19-23(11-14)10-12-4-2-1-3-5-12/h1-5,8-9,11,13H,6-7,10H2,(H2,18,20,21,22). The van der Waals surface area contributed by atoms with Crippen molar-refractivity contribution in [2.75, 3.05) is 10.6 Å². The number of nitrogens with zero attached hydrogens (tertiary/aromatic N) is 5. The molecule has 0 bridgehead atoms. The molecule has 9 nitrogen and oxygen atoms in total. The second kappa shape index (κ2) is 6.79. The molecule has 0 amide bonds. The molecule has 132 valence electrons. The molecule has 1 saturated carbocycles. The van der Waals surface area contributed by atoms with E-state index in [1.807, 2.05) is 36.5 Å². The molecule has 1 aliphatic rings. The Morgan fingerprint density at radius 2 is 2.04 bits per heavy atom. The van der Waals surface area contributed by atoms with Crippen LogP contribution < -0.4 is 10.6 Å². The minimum Gasteiger partial charge on any atom is -0.361 e. The van der Waals surface area contributed by atoms with Crippen LogP contribution in [-0.4, -0.2) is 30.7 Å². The largest absolute Gasteiger partial charge is 0.361 e. The summed E-state index contributed by atoms with van der Waals surface area (Å²) in [6.07, 6.45) is 6.72. The van der Waals surface area contributed by atoms with Gasteiger partial charge in [-0.05, 0) is 18.4 Å². The Balaban J connectivity index is 1.49. The monoisotopic (exact) mass is 351 g/mol. The Morgan fingerprint density at radius 1 is 1.23 bits per heavy atom. The van der Waals surface area contributed by atoms with E-state index in [-0.39, 0.29) is 23.5 Å². The van der Waals surface area contributed by atoms with E-state index in [1.54, 1.807) is 10.9 Å². The van der Waals surface area contributed by atoms with Crippen LogP contribution >= 0.6 is 0 Å². The molecule has 0 unspecified atom stereocenters. The minimum absolute atomic E-state index is 0.123. The van der Waals surface area contributed by atoms with E-state index in [0.29, 0.717) is 12.2 Å². The molecule has 0 atom stereocenters. The van der Waals surface area contributed by atoms with E-state index < -0.39 is 4.92 Å². The molecule has 1 aromatic carbocycles. The van der Waals surface area contributed by atoms with E-state index >= 15 is 0 Å². The van der Waals surface area contributed by atoms with Gasteiger partial charge in [-0.1, -0.05) is 30.3 Å². The molecule has 0 aliphatic heterocycles. The van der Waals surface area contributed by atoms with Crippen molar-refractivity contribution in [2.24, 2.45) is 0 Å². The molecule has 26 heavy (non-hydrogen) atoms. The van der Waals surface area contributed by atoms with Gasteiger partial charge in [0.15, 0.2) is 0 Å². The highest BCUT2D eigenvalue weighted by Gasteiger charge is 2.26. The summed E-state index contributed by atoms with van der Waals surface area (Å²) in [6.45, 7) is 0.651. The summed E-state index contributed by atoms with van der Waals surface area (Å²) >= 11 is 0. The lowest BCUT2D eigenvalue weighted by atomic mass is 10.2. The quantitative estimate of drug-likeness (QED) is 0.497. The number of rotatable bonds is 7. The molecule has 2 heterocycles. The van der Waals surface area contributed by atoms with Crippen LogP contribution in [0.5, 0.6) is 0 Å². The maximum atomic E-state index is 11.1. The summed E-state index contributed by atoms with van der Waals surface area (Å²) in [5.41, 5.74) is 1.74. The third-order valence-electron chi connectivity index (χ3n) is 3.96. The summed E-state index contributed by atoms with van der Waals surface area (Å²) < 4.78 is 1.80. The van der Waals surface area contributed by atoms with Crippen LogP contribution in [0.3, 0.4) is 0 Å². The minimum atomic E-state index is -0.480. The number of hydrogen-bond donors (Lipinski definition) is 2. The Morgan fingerprint density at radius 3 is 2.77 bits per heavy atom. The molecule has 0 radical (unpaired) electrons. The fourth-order valence-electron chi connectivity index (χ4n) is 2.51. The van der Waals surface area contributed by atoms with Crippen molar-refractivity contribution in [2.45, 2.75) is 25.4 Å². The zero-order valence-electron chi connectivity index (χ0n) is 13.9. The first-order chi connectivity index (χ1) is 12.7. The summed E-state index contributed by atoms with van der Waals surface area (Å²) in [5, 5.41) is 21.5. The van der Waals surface area contributed by atoms with Crippen LogP contribution in [0.2, 0.25) is 0 Å². The topological polar surface area (TPSA) is 111 Å². The highest BCUT2D eigenvalue weighted by molar-refractivity contribution is 5.60. The summed E-state index contributed by atoms with van der Waals surface area (Å²) in [5.74, 6) is 0.532. The van der Waals surface area contributed by atoms with E-state index in [0.717, 1.165) is 18.4 Å². The fraction of sp³-hybridized carbons (Fsp3) is 0.235. The molecule has 1 aliphatic carbocycles. The van der Waals surface area contributed by atoms with Crippen molar-refractivity contribution in [3.8, 4) is 0 Å². The van der Waals surface area contributed by atoms with Gasteiger partial charge in [0.25, 0.3) is 0 Å². The van der Waals surface area contributed by atoms with Crippen molar-refractivity contribution in [3.63, 3.8) is 0 Å². The summed E-state index contributed by atoms with van der Waals surface area (Å²) in [4.78, 5) is 18.9. The molecule has 4 rings (SSSR count). The van der Waals surface area contributed by atoms with Gasteiger partial charge in [0.05, 0.1) is 23.4 Å². The average molecular weight is 351 g/mol. The zero-order chi connectivity index (χ0) is 17.9. The highest BCUT2D eigenvalue weighted by atomic mass is 16.6. The molecule has 0 saturated heterocycles. The Hall–Kier alpha value is -3.49. The summed E-state index contributed by atoms with van der Waals surface area (Å²) in [6, 6.07) is 10.3. The second-order valence-electron chi connectivity index (χ2n) is 6.14. The second-order valence-corrected chi connectivity index (χ2v) is 6.14. The number of aromatic nitrogens is 4. The Kier molecular flexibility index (Phi) is 4.18. The molecule has 9 heteroatoms. The zero-order valence-corrected chi connectivity index (χ0v) is 13.9. The van der Waals surface area contributed by atoms with Gasteiger partial charge in [-0.3, -0.25) is 14.8 Å². The third-order valence-corrected chi connectivity index (χ3v) is 3.96. The lowest BCUT2D eigenvalue weighted by Crippen LogP contribution is -2.08. The van der Waals surface area contributed by atoms with E-state index in [2.05, 4.69) is 25.7 Å². The molecule has 1 fully saturated rings. The molecular formula is C17H17N7O2. The third kappa shape index (κ3) is 3.77. The van der Waals surface area contributed by atoms with Gasteiger partial charge in [0, 0.05) is 12.2 Å². The van der Waals surface area contributed by atoms with Crippen molar-refractivity contribution >= 4 is 23.1 Å². The van der Waals surface area contributed by atoms with Crippen molar-refractivity contribution in [3.05, 3.63) is 64.6 Å². The van der Waals surface area contributed by atoms with E-state index in [4.69, 9.17) is 0 Å². The van der Waals surface area contributed by atoms with Gasteiger partial charge < -0.3 is 10.6 Å². The smallest absolute Gasteiger partial charge is 0.329 e. The summed E-state index contributed by atoms with van der Waals surface area (Å²) in [7, 11) is 0. The van der Waals surface area contributed by atoms with Crippen LogP contribution in [0.4, 0.5) is 23.1 Å². The number of nitrogens with one attached hydrogen (secondary N) is 2. The molecule has 0 spiro atoms. The van der Waals surface area contributed by atoms with Gasteiger partial charge in [-0.2, -0.15) is 10.1 Å². The van der Waals surface area contributed by atoms with Crippen LogP contribution in [0.1, 0.15) is 18.4 Å². The van der Waals surface area contributed by atoms with Gasteiger partial charge in [0.1, 0.15) is 6.20 Å². The number of anilines is 3. The van der Waals surface area contributed by atoms with E-state index in [1.165, 1.54) is 6.20 Å². The lowest BCUT2D eigenvalue weighted by molar-refractivity contribution is -0.384. The Labute approximate surface area is 149 Å². The van der Waals surface area contributed by atoms with Gasteiger partial charge in [-0.25, -0.2) is 4.98 Å². The van der Waals surface area contributed by atoms with Crippen LogP contribution in [0.15, 0.2) is 48.9 Å². The first-order valence-electron chi connectivity index (χ1n) is 8.29. The Bertz CT molecular complexity index is 922. The molecule has 2 aromatic heterocycles. The van der Waals surface area contributed by atoms with Crippen LogP contribution in [0.25, 0.3) is 0 Å². The van der Waals surface area contributed by atoms with Crippen LogP contribution in [0, 0.1) is 10.1 Å². The maximum absolute atomic E-state index is 11.1. The number of benzene rings is 1. The van der Waals surface area contributed by atoms with Gasteiger partial charge in [-0.15, -0.1) is 0 Å². The van der Waals surface area contributed by atoms with Crippen molar-refractivity contribution < 1.29 is 4.92 Å². The fourth-order valence-corrected chi connectivity index (χ4v) is 2.51. The normalized spacial score (nSPS) is 13.4. The van der Waals surface area contributed by atoms with Gasteiger partial charge in [0.2, 0.25) is 11.8 Å². The van der Waals surface area contributed by atoms with Crippen LogP contribution in [-0.2, 0) is 6.54 Å². The highest BCUT2D eigenvalue weighted by Crippen LogP contribution is 2.29. The SMILES string of the molecule is O=[N+]([O-])c1cnc(Nc2cnn(Cc3ccccc3)c2)nc1NC1CC1.